The summed E-state index contributed by atoms with van der Waals surface area (Å²) in [6.45, 7) is 14.2. The molecule has 2 N–H and O–H groups in total. The Hall–Kier alpha value is -0.0800. The Kier molecular flexibility index (Phi) is 11.1. The lowest BCUT2D eigenvalue weighted by atomic mass is 10.1. The molecule has 0 rings (SSSR count). The van der Waals surface area contributed by atoms with Gasteiger partial charge < -0.3 is 10.5 Å². The maximum atomic E-state index is 5.70. The molecule has 0 fully saturated rings. The molecule has 0 radical (unpaired) electrons. The highest BCUT2D eigenvalue weighted by Crippen LogP contribution is 2.14. The third kappa shape index (κ3) is 11.9. The van der Waals surface area contributed by atoms with Gasteiger partial charge in [-0.2, -0.15) is 0 Å². The first-order chi connectivity index (χ1) is 6.48. The standard InChI is InChI=1S/C10H23NO.C2H6/c1-9(2)5-8-12-10(3,4)6-7-11;1-2/h9H,5-8,11H2,1-4H3;1-2H3. The lowest BCUT2D eigenvalue weighted by molar-refractivity contribution is -0.0259. The molecule has 14 heavy (non-hydrogen) atoms. The molecular weight excluding hydrogens is 174 g/mol. The molecule has 2 heteroatoms. The third-order valence-electron chi connectivity index (χ3n) is 1.93. The van der Waals surface area contributed by atoms with Crippen LogP contribution in [0.5, 0.6) is 0 Å². The number of rotatable bonds is 6. The monoisotopic (exact) mass is 203 g/mol. The van der Waals surface area contributed by atoms with Gasteiger partial charge in [-0.3, -0.25) is 0 Å². The van der Waals surface area contributed by atoms with Crippen molar-refractivity contribution < 1.29 is 4.74 Å². The van der Waals surface area contributed by atoms with Crippen molar-refractivity contribution >= 4 is 0 Å². The van der Waals surface area contributed by atoms with Crippen molar-refractivity contribution in [1.29, 1.82) is 0 Å². The lowest BCUT2D eigenvalue weighted by Crippen LogP contribution is -2.28. The molecule has 0 aliphatic carbocycles. The first-order valence-corrected chi connectivity index (χ1v) is 5.82. The lowest BCUT2D eigenvalue weighted by Gasteiger charge is -2.25. The summed E-state index contributed by atoms with van der Waals surface area (Å²) in [7, 11) is 0. The van der Waals surface area contributed by atoms with E-state index < -0.39 is 0 Å². The summed E-state index contributed by atoms with van der Waals surface area (Å²) in [5, 5.41) is 0. The van der Waals surface area contributed by atoms with Gasteiger partial charge in [-0.1, -0.05) is 27.7 Å². The minimum Gasteiger partial charge on any atom is -0.376 e. The number of hydrogen-bond acceptors (Lipinski definition) is 2. The van der Waals surface area contributed by atoms with Crippen LogP contribution in [-0.4, -0.2) is 18.8 Å². The Labute approximate surface area is 90.2 Å². The fourth-order valence-electron chi connectivity index (χ4n) is 0.991. The largest absolute Gasteiger partial charge is 0.376 e. The van der Waals surface area contributed by atoms with Crippen LogP contribution >= 0.6 is 0 Å². The van der Waals surface area contributed by atoms with Crippen LogP contribution in [0, 0.1) is 5.92 Å². The number of nitrogens with two attached hydrogens (primary N) is 1. The molecule has 0 heterocycles. The zero-order chi connectivity index (χ0) is 11.6. The molecule has 0 aromatic heterocycles. The normalized spacial score (nSPS) is 11.1. The predicted octanol–water partition coefficient (Wildman–Crippen LogP) is 3.20. The van der Waals surface area contributed by atoms with Crippen molar-refractivity contribution in [3.8, 4) is 0 Å². The van der Waals surface area contributed by atoms with E-state index in [4.69, 9.17) is 10.5 Å². The molecule has 2 nitrogen and oxygen atoms in total. The Morgan fingerprint density at radius 2 is 1.71 bits per heavy atom. The van der Waals surface area contributed by atoms with Crippen LogP contribution in [0.1, 0.15) is 54.4 Å². The van der Waals surface area contributed by atoms with Gasteiger partial charge in [0, 0.05) is 6.61 Å². The molecule has 0 bridgehead atoms. The molecule has 0 atom stereocenters. The van der Waals surface area contributed by atoms with Gasteiger partial charge >= 0.3 is 0 Å². The van der Waals surface area contributed by atoms with E-state index in [1.807, 2.05) is 13.8 Å². The van der Waals surface area contributed by atoms with Gasteiger partial charge in [0.15, 0.2) is 0 Å². The van der Waals surface area contributed by atoms with Crippen LogP contribution in [0.2, 0.25) is 0 Å². The smallest absolute Gasteiger partial charge is 0.0638 e. The number of hydrogen-bond donors (Lipinski definition) is 1. The zero-order valence-corrected chi connectivity index (χ0v) is 10.9. The highest BCUT2D eigenvalue weighted by Gasteiger charge is 2.16. The van der Waals surface area contributed by atoms with Crippen molar-refractivity contribution in [2.24, 2.45) is 11.7 Å². The highest BCUT2D eigenvalue weighted by molar-refractivity contribution is 4.68. The molecule has 0 spiro atoms. The van der Waals surface area contributed by atoms with E-state index in [-0.39, 0.29) is 5.60 Å². The zero-order valence-electron chi connectivity index (χ0n) is 10.9. The summed E-state index contributed by atoms with van der Waals surface area (Å²) in [5.41, 5.74) is 5.43. The Balaban J connectivity index is 0. The Morgan fingerprint density at radius 1 is 1.21 bits per heavy atom. The molecule has 0 aromatic carbocycles. The Morgan fingerprint density at radius 3 is 2.07 bits per heavy atom. The summed E-state index contributed by atoms with van der Waals surface area (Å²) < 4.78 is 5.70. The van der Waals surface area contributed by atoms with Gasteiger partial charge in [-0.05, 0) is 39.2 Å². The summed E-state index contributed by atoms with van der Waals surface area (Å²) in [6, 6.07) is 0. The second-order valence-corrected chi connectivity index (χ2v) is 4.33. The van der Waals surface area contributed by atoms with Crippen LogP contribution in [0.3, 0.4) is 0 Å². The minimum absolute atomic E-state index is 0.0381. The van der Waals surface area contributed by atoms with Gasteiger partial charge in [-0.15, -0.1) is 0 Å². The molecular formula is C12H29NO. The molecule has 0 aliphatic rings. The van der Waals surface area contributed by atoms with Crippen molar-refractivity contribution in [1.82, 2.24) is 0 Å². The first-order valence-electron chi connectivity index (χ1n) is 5.82. The Bertz CT molecular complexity index is 111. The molecule has 0 saturated carbocycles. The average Bonchev–Trinajstić information content (AvgIpc) is 2.06. The second kappa shape index (κ2) is 9.47. The fraction of sp³-hybridized carbons (Fsp3) is 1.00. The van der Waals surface area contributed by atoms with Gasteiger partial charge in [0.2, 0.25) is 0 Å². The van der Waals surface area contributed by atoms with E-state index in [0.717, 1.165) is 25.4 Å². The molecule has 0 amide bonds. The van der Waals surface area contributed by atoms with Crippen LogP contribution in [-0.2, 0) is 4.74 Å². The summed E-state index contributed by atoms with van der Waals surface area (Å²) in [4.78, 5) is 0. The molecule has 0 saturated heterocycles. The average molecular weight is 203 g/mol. The summed E-state index contributed by atoms with van der Waals surface area (Å²) in [6.07, 6.45) is 2.07. The van der Waals surface area contributed by atoms with E-state index in [9.17, 15) is 0 Å². The summed E-state index contributed by atoms with van der Waals surface area (Å²) >= 11 is 0. The molecule has 88 valence electrons. The van der Waals surface area contributed by atoms with E-state index in [1.165, 1.54) is 0 Å². The molecule has 0 unspecified atom stereocenters. The molecule has 0 aromatic rings. The van der Waals surface area contributed by atoms with Gasteiger partial charge in [0.05, 0.1) is 5.60 Å². The second-order valence-electron chi connectivity index (χ2n) is 4.33. The maximum Gasteiger partial charge on any atom is 0.0638 e. The predicted molar refractivity (Wildman–Crippen MR) is 64.5 cm³/mol. The van der Waals surface area contributed by atoms with E-state index in [0.29, 0.717) is 6.54 Å². The van der Waals surface area contributed by atoms with Crippen molar-refractivity contribution in [3.05, 3.63) is 0 Å². The van der Waals surface area contributed by atoms with Crippen LogP contribution < -0.4 is 5.73 Å². The van der Waals surface area contributed by atoms with Crippen molar-refractivity contribution in [3.63, 3.8) is 0 Å². The number of ether oxygens (including phenoxy) is 1. The topological polar surface area (TPSA) is 35.2 Å². The van der Waals surface area contributed by atoms with Gasteiger partial charge in [0.25, 0.3) is 0 Å². The fourth-order valence-corrected chi connectivity index (χ4v) is 0.991. The quantitative estimate of drug-likeness (QED) is 0.719. The van der Waals surface area contributed by atoms with Crippen molar-refractivity contribution in [2.45, 2.75) is 60.0 Å². The van der Waals surface area contributed by atoms with E-state index in [2.05, 4.69) is 27.7 Å². The SMILES string of the molecule is CC.CC(C)CCOC(C)(C)CCN. The maximum absolute atomic E-state index is 5.70. The highest BCUT2D eigenvalue weighted by atomic mass is 16.5. The van der Waals surface area contributed by atoms with Crippen molar-refractivity contribution in [2.75, 3.05) is 13.2 Å². The molecule has 0 aliphatic heterocycles. The van der Waals surface area contributed by atoms with E-state index in [1.54, 1.807) is 0 Å². The first kappa shape index (κ1) is 16.4. The minimum atomic E-state index is -0.0381. The van der Waals surface area contributed by atoms with Gasteiger partial charge in [0.1, 0.15) is 0 Å². The van der Waals surface area contributed by atoms with Gasteiger partial charge in [-0.25, -0.2) is 0 Å². The van der Waals surface area contributed by atoms with Crippen LogP contribution in [0.4, 0.5) is 0 Å². The van der Waals surface area contributed by atoms with Crippen LogP contribution in [0.25, 0.3) is 0 Å². The van der Waals surface area contributed by atoms with Crippen LogP contribution in [0.15, 0.2) is 0 Å². The summed E-state index contributed by atoms with van der Waals surface area (Å²) in [5.74, 6) is 0.721. The van der Waals surface area contributed by atoms with E-state index >= 15 is 0 Å². The third-order valence-corrected chi connectivity index (χ3v) is 1.93.